The van der Waals surface area contributed by atoms with Crippen molar-refractivity contribution in [3.8, 4) is 0 Å². The normalized spacial score (nSPS) is 20.1. The third-order valence-electron chi connectivity index (χ3n) is 4.18. The number of nitrogens with zero attached hydrogens (tertiary/aromatic N) is 2. The molecule has 1 amide bonds. The van der Waals surface area contributed by atoms with E-state index >= 15 is 0 Å². The van der Waals surface area contributed by atoms with Crippen LogP contribution in [0.4, 0.5) is 5.82 Å². The van der Waals surface area contributed by atoms with Gasteiger partial charge in [0.1, 0.15) is 11.6 Å². The molecule has 0 radical (unpaired) electrons. The van der Waals surface area contributed by atoms with E-state index in [1.807, 2.05) is 6.92 Å². The van der Waals surface area contributed by atoms with Gasteiger partial charge in [-0.3, -0.25) is 4.79 Å². The largest absolute Gasteiger partial charge is 0.392 e. The lowest BCUT2D eigenvalue weighted by Gasteiger charge is -2.33. The zero-order valence-corrected chi connectivity index (χ0v) is 14.1. The third-order valence-corrected chi connectivity index (χ3v) is 4.18. The summed E-state index contributed by atoms with van der Waals surface area (Å²) in [4.78, 5) is 20.9. The maximum absolute atomic E-state index is 12.5. The lowest BCUT2D eigenvalue weighted by atomic mass is 10.0. The van der Waals surface area contributed by atoms with Crippen LogP contribution in [0.2, 0.25) is 0 Å². The minimum Gasteiger partial charge on any atom is -0.392 e. The van der Waals surface area contributed by atoms with Gasteiger partial charge in [-0.15, -0.1) is 0 Å². The Morgan fingerprint density at radius 2 is 2.08 bits per heavy atom. The van der Waals surface area contributed by atoms with Gasteiger partial charge >= 0.3 is 0 Å². The average molecular weight is 342 g/mol. The van der Waals surface area contributed by atoms with Gasteiger partial charge in [0.25, 0.3) is 5.91 Å². The highest BCUT2D eigenvalue weighted by atomic mass is 16.5. The predicted octanol–water partition coefficient (Wildman–Crippen LogP) is 1.28. The molecule has 3 rings (SSSR count). The number of hydrogen-bond acceptors (Lipinski definition) is 6. The fraction of sp³-hybridized carbons (Fsp3) is 0.389. The van der Waals surface area contributed by atoms with Crippen molar-refractivity contribution >= 4 is 11.7 Å². The van der Waals surface area contributed by atoms with Crippen molar-refractivity contribution in [1.29, 1.82) is 0 Å². The number of rotatable bonds is 5. The molecular weight excluding hydrogens is 320 g/mol. The summed E-state index contributed by atoms with van der Waals surface area (Å²) in [6.45, 7) is 2.90. The number of benzene rings is 1. The SMILES string of the molecule is Cc1nccc(N[C@@H]2COCC[C@@H]2NC(=O)c2ccc(CO)cc2)n1. The number of anilines is 1. The predicted molar refractivity (Wildman–Crippen MR) is 93.2 cm³/mol. The molecule has 1 aromatic carbocycles. The quantitative estimate of drug-likeness (QED) is 0.757. The van der Waals surface area contributed by atoms with E-state index in [1.54, 1.807) is 36.5 Å². The molecule has 0 bridgehead atoms. The summed E-state index contributed by atoms with van der Waals surface area (Å²) in [5, 5.41) is 15.5. The second-order valence-electron chi connectivity index (χ2n) is 6.04. The molecule has 1 aliphatic rings. The highest BCUT2D eigenvalue weighted by Crippen LogP contribution is 2.14. The first-order chi connectivity index (χ1) is 12.2. The van der Waals surface area contributed by atoms with E-state index in [0.717, 1.165) is 17.8 Å². The second-order valence-corrected chi connectivity index (χ2v) is 6.04. The number of amides is 1. The van der Waals surface area contributed by atoms with Gasteiger partial charge in [-0.2, -0.15) is 0 Å². The van der Waals surface area contributed by atoms with Crippen molar-refractivity contribution in [3.05, 3.63) is 53.5 Å². The highest BCUT2D eigenvalue weighted by molar-refractivity contribution is 5.94. The number of aliphatic hydroxyl groups excluding tert-OH is 1. The number of carbonyl (C=O) groups is 1. The first-order valence-corrected chi connectivity index (χ1v) is 8.30. The molecule has 1 fully saturated rings. The van der Waals surface area contributed by atoms with Crippen LogP contribution in [0, 0.1) is 6.92 Å². The molecule has 2 heterocycles. The number of aromatic nitrogens is 2. The average Bonchev–Trinajstić information content (AvgIpc) is 2.63. The van der Waals surface area contributed by atoms with Gasteiger partial charge in [-0.05, 0) is 37.1 Å². The molecule has 25 heavy (non-hydrogen) atoms. The zero-order valence-electron chi connectivity index (χ0n) is 14.1. The van der Waals surface area contributed by atoms with Gasteiger partial charge in [0.05, 0.1) is 25.3 Å². The van der Waals surface area contributed by atoms with Gasteiger partial charge in [0.15, 0.2) is 0 Å². The van der Waals surface area contributed by atoms with Crippen molar-refractivity contribution in [3.63, 3.8) is 0 Å². The smallest absolute Gasteiger partial charge is 0.251 e. The van der Waals surface area contributed by atoms with Crippen molar-refractivity contribution in [1.82, 2.24) is 15.3 Å². The molecule has 0 aliphatic carbocycles. The minimum atomic E-state index is -0.137. The van der Waals surface area contributed by atoms with Crippen molar-refractivity contribution in [2.45, 2.75) is 32.0 Å². The van der Waals surface area contributed by atoms with Gasteiger partial charge in [-0.1, -0.05) is 12.1 Å². The van der Waals surface area contributed by atoms with Gasteiger partial charge in [0.2, 0.25) is 0 Å². The fourth-order valence-electron chi connectivity index (χ4n) is 2.79. The molecule has 0 saturated carbocycles. The van der Waals surface area contributed by atoms with Crippen LogP contribution in [0.15, 0.2) is 36.5 Å². The van der Waals surface area contributed by atoms with E-state index in [2.05, 4.69) is 20.6 Å². The van der Waals surface area contributed by atoms with E-state index < -0.39 is 0 Å². The Bertz CT molecular complexity index is 721. The van der Waals surface area contributed by atoms with Crippen molar-refractivity contribution < 1.29 is 14.6 Å². The van der Waals surface area contributed by atoms with Crippen LogP contribution in [-0.2, 0) is 11.3 Å². The number of aliphatic hydroxyl groups is 1. The molecular formula is C18H22N4O3. The summed E-state index contributed by atoms with van der Waals surface area (Å²) < 4.78 is 5.55. The topological polar surface area (TPSA) is 96.4 Å². The first-order valence-electron chi connectivity index (χ1n) is 8.30. The van der Waals surface area contributed by atoms with Crippen LogP contribution in [0.1, 0.15) is 28.2 Å². The Labute approximate surface area is 146 Å². The Balaban J connectivity index is 1.66. The Morgan fingerprint density at radius 3 is 2.80 bits per heavy atom. The van der Waals surface area contributed by atoms with Gasteiger partial charge in [0, 0.05) is 18.4 Å². The molecule has 0 spiro atoms. The molecule has 132 valence electrons. The molecule has 7 nitrogen and oxygen atoms in total. The lowest BCUT2D eigenvalue weighted by molar-refractivity contribution is 0.0620. The maximum Gasteiger partial charge on any atom is 0.251 e. The van der Waals surface area contributed by atoms with Crippen LogP contribution in [0.3, 0.4) is 0 Å². The van der Waals surface area contributed by atoms with Gasteiger partial charge in [-0.25, -0.2) is 9.97 Å². The summed E-state index contributed by atoms with van der Waals surface area (Å²) in [5.74, 6) is 1.27. The number of ether oxygens (including phenoxy) is 1. The van der Waals surface area contributed by atoms with Crippen LogP contribution < -0.4 is 10.6 Å². The van der Waals surface area contributed by atoms with Crippen molar-refractivity contribution in [2.24, 2.45) is 0 Å². The Morgan fingerprint density at radius 1 is 1.28 bits per heavy atom. The molecule has 1 aliphatic heterocycles. The summed E-state index contributed by atoms with van der Waals surface area (Å²) in [6, 6.07) is 8.61. The highest BCUT2D eigenvalue weighted by Gasteiger charge is 2.27. The number of aryl methyl sites for hydroxylation is 1. The molecule has 7 heteroatoms. The van der Waals surface area contributed by atoms with Crippen LogP contribution in [0.5, 0.6) is 0 Å². The summed E-state index contributed by atoms with van der Waals surface area (Å²) in [5.41, 5.74) is 1.35. The van der Waals surface area contributed by atoms with Gasteiger partial charge < -0.3 is 20.5 Å². The van der Waals surface area contributed by atoms with E-state index in [4.69, 9.17) is 9.84 Å². The zero-order chi connectivity index (χ0) is 17.6. The molecule has 1 saturated heterocycles. The Hall–Kier alpha value is -2.51. The number of hydrogen-bond donors (Lipinski definition) is 3. The minimum absolute atomic E-state index is 0.0355. The van der Waals surface area contributed by atoms with Crippen LogP contribution >= 0.6 is 0 Å². The monoisotopic (exact) mass is 342 g/mol. The third kappa shape index (κ3) is 4.52. The molecule has 1 aromatic heterocycles. The number of nitrogens with one attached hydrogen (secondary N) is 2. The van der Waals surface area contributed by atoms with Crippen LogP contribution in [0.25, 0.3) is 0 Å². The van der Waals surface area contributed by atoms with E-state index in [0.29, 0.717) is 24.6 Å². The fourth-order valence-corrected chi connectivity index (χ4v) is 2.79. The molecule has 2 atom stereocenters. The van der Waals surface area contributed by atoms with Crippen LogP contribution in [-0.4, -0.2) is 46.3 Å². The second kappa shape index (κ2) is 8.04. The van der Waals surface area contributed by atoms with Crippen molar-refractivity contribution in [2.75, 3.05) is 18.5 Å². The summed E-state index contributed by atoms with van der Waals surface area (Å²) in [7, 11) is 0. The van der Waals surface area contributed by atoms with E-state index in [9.17, 15) is 4.79 Å². The molecule has 2 aromatic rings. The maximum atomic E-state index is 12.5. The standard InChI is InChI=1S/C18H22N4O3/c1-12-19-8-6-17(20-12)21-16-11-25-9-7-15(16)22-18(24)14-4-2-13(10-23)3-5-14/h2-6,8,15-16,23H,7,9-11H2,1H3,(H,22,24)(H,19,20,21)/t15-,16+/m0/s1. The molecule has 3 N–H and O–H groups in total. The Kier molecular flexibility index (Phi) is 5.57. The lowest BCUT2D eigenvalue weighted by Crippen LogP contribution is -2.52. The summed E-state index contributed by atoms with van der Waals surface area (Å²) >= 11 is 0. The number of carbonyl (C=O) groups excluding carboxylic acids is 1. The first kappa shape index (κ1) is 17.3. The molecule has 0 unspecified atom stereocenters. The van der Waals surface area contributed by atoms with E-state index in [-0.39, 0.29) is 24.6 Å². The summed E-state index contributed by atoms with van der Waals surface area (Å²) in [6.07, 6.45) is 2.42. The van der Waals surface area contributed by atoms with E-state index in [1.165, 1.54) is 0 Å².